The number of nitrogens with one attached hydrogen (secondary N) is 1. The topological polar surface area (TPSA) is 199 Å². The van der Waals surface area contributed by atoms with Crippen LogP contribution < -0.4 is 5.32 Å². The van der Waals surface area contributed by atoms with Crippen LogP contribution in [0.4, 0.5) is 0 Å². The number of carbonyl (C=O) groups excluding carboxylic acids is 5. The summed E-state index contributed by atoms with van der Waals surface area (Å²) in [5.41, 5.74) is 1.79. The van der Waals surface area contributed by atoms with Gasteiger partial charge in [-0.2, -0.15) is 4.31 Å². The Morgan fingerprint density at radius 1 is 0.782 bits per heavy atom. The Hall–Kier alpha value is -4.42. The standard InChI is InChI=1S/C38H50N2O14S/c1-24(30-16-10-7-11-17-30)39-32-21-40(20-31(32)37(45)50-22-29-14-8-6-9-15-29)55(46,47)19-13-12-18-48-38-36(53-28(5)44)35(52-27(4)43)34(51-26(3)42)33(54-38)23-49-25(2)41/h6-11,14-17,24,31-36,38-39H,12-13,18-23H2,1-5H3/t24-,31-,32-,33-,34-,35+,36-,38-/m1/s1. The van der Waals surface area contributed by atoms with Crippen LogP contribution in [0.2, 0.25) is 0 Å². The molecule has 2 aliphatic heterocycles. The fourth-order valence-electron chi connectivity index (χ4n) is 6.44. The van der Waals surface area contributed by atoms with E-state index in [4.69, 9.17) is 33.2 Å². The summed E-state index contributed by atoms with van der Waals surface area (Å²) in [5, 5.41) is 3.44. The SMILES string of the molecule is CC(=O)OC[C@H]1O[C@@H](OCCCCS(=O)(=O)N2C[C@@H](N[C@H](C)c3ccccc3)[C@H](C(=O)OCc3ccccc3)C2)[C@H](OC(C)=O)[C@@H](OC(C)=O)[C@@H]1OC(C)=O. The molecule has 302 valence electrons. The lowest BCUT2D eigenvalue weighted by atomic mass is 9.98. The third-order valence-corrected chi connectivity index (χ3v) is 10.9. The molecule has 1 N–H and O–H groups in total. The van der Waals surface area contributed by atoms with E-state index in [1.165, 1.54) is 11.2 Å². The zero-order valence-electron chi connectivity index (χ0n) is 31.6. The summed E-state index contributed by atoms with van der Waals surface area (Å²) >= 11 is 0. The molecular weight excluding hydrogens is 740 g/mol. The van der Waals surface area contributed by atoms with Gasteiger partial charge in [-0.3, -0.25) is 24.0 Å². The smallest absolute Gasteiger partial charge is 0.312 e. The Kier molecular flexibility index (Phi) is 16.1. The van der Waals surface area contributed by atoms with E-state index in [1.807, 2.05) is 67.6 Å². The quantitative estimate of drug-likeness (QED) is 0.131. The summed E-state index contributed by atoms with van der Waals surface area (Å²) in [6.45, 7) is 6.03. The second-order valence-corrected chi connectivity index (χ2v) is 15.5. The predicted octanol–water partition coefficient (Wildman–Crippen LogP) is 2.59. The summed E-state index contributed by atoms with van der Waals surface area (Å²) in [7, 11) is -3.85. The van der Waals surface area contributed by atoms with Gasteiger partial charge in [0.25, 0.3) is 0 Å². The number of hydrogen-bond donors (Lipinski definition) is 1. The molecule has 0 spiro atoms. The normalized spacial score (nSPS) is 24.6. The van der Waals surface area contributed by atoms with Gasteiger partial charge in [-0.25, -0.2) is 8.42 Å². The third-order valence-electron chi connectivity index (χ3n) is 9.00. The van der Waals surface area contributed by atoms with Crippen LogP contribution in [0.25, 0.3) is 0 Å². The van der Waals surface area contributed by atoms with E-state index in [2.05, 4.69) is 5.32 Å². The molecule has 2 aliphatic rings. The van der Waals surface area contributed by atoms with Crippen LogP contribution in [0.3, 0.4) is 0 Å². The van der Waals surface area contributed by atoms with Gasteiger partial charge in [0.15, 0.2) is 24.6 Å². The van der Waals surface area contributed by atoms with Crippen LogP contribution in [0.15, 0.2) is 60.7 Å². The molecule has 0 aliphatic carbocycles. The second kappa shape index (κ2) is 20.5. The monoisotopic (exact) mass is 790 g/mol. The number of benzene rings is 2. The Labute approximate surface area is 321 Å². The Balaban J connectivity index is 1.40. The number of esters is 5. The van der Waals surface area contributed by atoms with Crippen molar-refractivity contribution in [3.63, 3.8) is 0 Å². The summed E-state index contributed by atoms with van der Waals surface area (Å²) in [6, 6.07) is 18.2. The molecule has 0 aromatic heterocycles. The third kappa shape index (κ3) is 13.1. The highest BCUT2D eigenvalue weighted by molar-refractivity contribution is 7.89. The molecule has 17 heteroatoms. The lowest BCUT2D eigenvalue weighted by molar-refractivity contribution is -0.308. The molecule has 0 unspecified atom stereocenters. The van der Waals surface area contributed by atoms with Crippen molar-refractivity contribution in [2.45, 2.75) is 96.9 Å². The van der Waals surface area contributed by atoms with Crippen molar-refractivity contribution in [3.05, 3.63) is 71.8 Å². The number of ether oxygens (including phenoxy) is 7. The zero-order chi connectivity index (χ0) is 40.1. The minimum Gasteiger partial charge on any atom is -0.463 e. The maximum Gasteiger partial charge on any atom is 0.312 e. The zero-order valence-corrected chi connectivity index (χ0v) is 32.4. The average Bonchev–Trinajstić information content (AvgIpc) is 3.57. The molecule has 2 heterocycles. The van der Waals surface area contributed by atoms with Crippen molar-refractivity contribution in [1.82, 2.24) is 9.62 Å². The molecule has 2 fully saturated rings. The number of unbranched alkanes of at least 4 members (excludes halogenated alkanes) is 1. The molecule has 0 radical (unpaired) electrons. The molecular formula is C38H50N2O14S. The number of rotatable bonds is 18. The predicted molar refractivity (Wildman–Crippen MR) is 194 cm³/mol. The Morgan fingerprint density at radius 3 is 2.00 bits per heavy atom. The Morgan fingerprint density at radius 2 is 1.38 bits per heavy atom. The van der Waals surface area contributed by atoms with Crippen molar-refractivity contribution < 1.29 is 65.5 Å². The van der Waals surface area contributed by atoms with E-state index in [0.29, 0.717) is 0 Å². The van der Waals surface area contributed by atoms with Crippen LogP contribution in [0, 0.1) is 5.92 Å². The van der Waals surface area contributed by atoms with Gasteiger partial charge in [0.2, 0.25) is 10.0 Å². The van der Waals surface area contributed by atoms with E-state index in [-0.39, 0.29) is 50.9 Å². The molecule has 16 nitrogen and oxygen atoms in total. The summed E-state index contributed by atoms with van der Waals surface area (Å²) in [6.07, 6.45) is -6.32. The number of nitrogens with zero attached hydrogens (tertiary/aromatic N) is 1. The van der Waals surface area contributed by atoms with Crippen molar-refractivity contribution in [1.29, 1.82) is 0 Å². The maximum absolute atomic E-state index is 13.7. The fourth-order valence-corrected chi connectivity index (χ4v) is 8.04. The van der Waals surface area contributed by atoms with Crippen molar-refractivity contribution in [2.75, 3.05) is 32.1 Å². The lowest BCUT2D eigenvalue weighted by Crippen LogP contribution is -2.63. The van der Waals surface area contributed by atoms with Crippen LogP contribution in [-0.2, 0) is 73.8 Å². The molecule has 0 amide bonds. The average molecular weight is 791 g/mol. The van der Waals surface area contributed by atoms with Crippen LogP contribution in [-0.4, -0.2) is 111 Å². The first-order chi connectivity index (χ1) is 26.1. The summed E-state index contributed by atoms with van der Waals surface area (Å²) in [4.78, 5) is 61.1. The van der Waals surface area contributed by atoms with E-state index < -0.39 is 89.1 Å². The van der Waals surface area contributed by atoms with Crippen LogP contribution in [0.1, 0.15) is 64.6 Å². The molecule has 2 aromatic rings. The summed E-state index contributed by atoms with van der Waals surface area (Å²) in [5.74, 6) is -4.49. The van der Waals surface area contributed by atoms with Gasteiger partial charge in [-0.15, -0.1) is 0 Å². The van der Waals surface area contributed by atoms with Gasteiger partial charge < -0.3 is 38.5 Å². The molecule has 4 rings (SSSR count). The van der Waals surface area contributed by atoms with Crippen molar-refractivity contribution in [2.24, 2.45) is 5.92 Å². The molecule has 0 saturated carbocycles. The van der Waals surface area contributed by atoms with E-state index in [1.54, 1.807) is 0 Å². The Bertz CT molecular complexity index is 1710. The second-order valence-electron chi connectivity index (χ2n) is 13.4. The molecule has 2 aromatic carbocycles. The van der Waals surface area contributed by atoms with Crippen molar-refractivity contribution in [3.8, 4) is 0 Å². The van der Waals surface area contributed by atoms with E-state index in [0.717, 1.165) is 31.9 Å². The van der Waals surface area contributed by atoms with Gasteiger partial charge in [0, 0.05) is 59.5 Å². The van der Waals surface area contributed by atoms with Gasteiger partial charge >= 0.3 is 29.8 Å². The maximum atomic E-state index is 13.7. The van der Waals surface area contributed by atoms with Crippen molar-refractivity contribution >= 4 is 39.9 Å². The largest absolute Gasteiger partial charge is 0.463 e. The molecule has 55 heavy (non-hydrogen) atoms. The van der Waals surface area contributed by atoms with Crippen LogP contribution >= 0.6 is 0 Å². The first-order valence-corrected chi connectivity index (χ1v) is 19.7. The number of carbonyl (C=O) groups is 5. The molecule has 0 bridgehead atoms. The van der Waals surface area contributed by atoms with E-state index >= 15 is 0 Å². The number of hydrogen-bond acceptors (Lipinski definition) is 15. The minimum atomic E-state index is -3.85. The highest BCUT2D eigenvalue weighted by Gasteiger charge is 2.53. The number of sulfonamides is 1. The highest BCUT2D eigenvalue weighted by atomic mass is 32.2. The van der Waals surface area contributed by atoms with E-state index in [9.17, 15) is 32.4 Å². The van der Waals surface area contributed by atoms with Gasteiger partial charge in [0.05, 0.1) is 11.7 Å². The first-order valence-electron chi connectivity index (χ1n) is 18.1. The molecule has 8 atom stereocenters. The van der Waals surface area contributed by atoms with Gasteiger partial charge in [0.1, 0.15) is 19.3 Å². The first kappa shape index (κ1) is 43.3. The lowest BCUT2D eigenvalue weighted by Gasteiger charge is -2.44. The highest BCUT2D eigenvalue weighted by Crippen LogP contribution is 2.31. The van der Waals surface area contributed by atoms with Gasteiger partial charge in [-0.1, -0.05) is 60.7 Å². The summed E-state index contributed by atoms with van der Waals surface area (Å²) < 4.78 is 67.4. The minimum absolute atomic E-state index is 0.0590. The molecule has 2 saturated heterocycles. The van der Waals surface area contributed by atoms with Gasteiger partial charge in [-0.05, 0) is 30.9 Å². The fraction of sp³-hybridized carbons (Fsp3) is 0.553. The van der Waals surface area contributed by atoms with Crippen LogP contribution in [0.5, 0.6) is 0 Å².